The molecule has 2 aromatic rings. The van der Waals surface area contributed by atoms with Crippen LogP contribution in [-0.2, 0) is 11.8 Å². The molecule has 0 saturated carbocycles. The lowest BCUT2D eigenvalue weighted by atomic mass is 9.78. The van der Waals surface area contributed by atoms with Gasteiger partial charge in [-0.25, -0.2) is 0 Å². The molecule has 0 fully saturated rings. The Hall–Kier alpha value is -1.82. The van der Waals surface area contributed by atoms with Gasteiger partial charge in [-0.3, -0.25) is 0 Å². The summed E-state index contributed by atoms with van der Waals surface area (Å²) in [5, 5.41) is 0. The fraction of sp³-hybridized carbons (Fsp3) is 0.481. The zero-order valence-corrected chi connectivity index (χ0v) is 18.8. The van der Waals surface area contributed by atoms with E-state index in [1.54, 1.807) is 5.57 Å². The zero-order valence-electron chi connectivity index (χ0n) is 18.8. The molecule has 0 spiro atoms. The molecule has 0 heterocycles. The second-order valence-electron chi connectivity index (χ2n) is 10.8. The molecule has 0 radical (unpaired) electrons. The van der Waals surface area contributed by atoms with Gasteiger partial charge in [-0.1, -0.05) is 88.6 Å². The third kappa shape index (κ3) is 4.21. The van der Waals surface area contributed by atoms with E-state index in [1.807, 2.05) is 0 Å². The number of hydrogen-bond donors (Lipinski definition) is 0. The lowest BCUT2D eigenvalue weighted by molar-refractivity contribution is 0.408. The summed E-state index contributed by atoms with van der Waals surface area (Å²) in [6.45, 7) is 20.8. The molecule has 27 heavy (non-hydrogen) atoms. The summed E-state index contributed by atoms with van der Waals surface area (Å²) in [6, 6.07) is 9.47. The lowest BCUT2D eigenvalue weighted by Crippen LogP contribution is -2.15. The van der Waals surface area contributed by atoms with Gasteiger partial charge in [0, 0.05) is 0 Å². The van der Waals surface area contributed by atoms with Gasteiger partial charge in [0.25, 0.3) is 0 Å². The molecule has 0 bridgehead atoms. The van der Waals surface area contributed by atoms with E-state index in [2.05, 4.69) is 92.7 Å². The fourth-order valence-electron chi connectivity index (χ4n) is 4.76. The quantitative estimate of drug-likeness (QED) is 0.509. The Balaban J connectivity index is 2.23. The van der Waals surface area contributed by atoms with Crippen LogP contribution in [0.1, 0.15) is 81.3 Å². The van der Waals surface area contributed by atoms with Crippen LogP contribution in [0.25, 0.3) is 17.2 Å². The zero-order chi connectivity index (χ0) is 20.1. The topological polar surface area (TPSA) is 0 Å². The minimum Gasteiger partial charge on any atom is -0.0647 e. The Kier molecular flexibility index (Phi) is 4.91. The summed E-state index contributed by atoms with van der Waals surface area (Å²) < 4.78 is 0. The maximum atomic E-state index is 2.47. The van der Waals surface area contributed by atoms with Crippen molar-refractivity contribution in [2.24, 2.45) is 5.41 Å². The lowest BCUT2D eigenvalue weighted by Gasteiger charge is -2.26. The van der Waals surface area contributed by atoms with Crippen molar-refractivity contribution in [3.8, 4) is 11.1 Å². The van der Waals surface area contributed by atoms with Crippen molar-refractivity contribution in [1.29, 1.82) is 0 Å². The fourth-order valence-corrected chi connectivity index (χ4v) is 4.76. The molecule has 1 aliphatic carbocycles. The normalized spacial score (nSPS) is 14.3. The molecule has 0 nitrogen and oxygen atoms in total. The number of fused-ring (bicyclic) bond motifs is 1. The van der Waals surface area contributed by atoms with E-state index in [-0.39, 0.29) is 5.41 Å². The van der Waals surface area contributed by atoms with Gasteiger partial charge in [-0.05, 0) is 77.8 Å². The van der Waals surface area contributed by atoms with Crippen LogP contribution in [-0.4, -0.2) is 0 Å². The van der Waals surface area contributed by atoms with Gasteiger partial charge in [0.15, 0.2) is 0 Å². The summed E-state index contributed by atoms with van der Waals surface area (Å²) in [5.41, 5.74) is 13.5. The molecular formula is C27H36. The van der Waals surface area contributed by atoms with Gasteiger partial charge < -0.3 is 0 Å². The Morgan fingerprint density at radius 1 is 0.815 bits per heavy atom. The van der Waals surface area contributed by atoms with Crippen molar-refractivity contribution < 1.29 is 0 Å². The molecule has 0 saturated heterocycles. The molecular weight excluding hydrogens is 324 g/mol. The maximum Gasteiger partial charge on any atom is -0.00514 e. The predicted molar refractivity (Wildman–Crippen MR) is 121 cm³/mol. The van der Waals surface area contributed by atoms with E-state index in [1.165, 1.54) is 44.5 Å². The van der Waals surface area contributed by atoms with E-state index < -0.39 is 0 Å². The number of allylic oxidation sites excluding steroid dienone is 1. The summed E-state index contributed by atoms with van der Waals surface area (Å²) in [5.74, 6) is 0. The van der Waals surface area contributed by atoms with Gasteiger partial charge in [0.05, 0.1) is 0 Å². The predicted octanol–water partition coefficient (Wildman–Crippen LogP) is 7.95. The van der Waals surface area contributed by atoms with Crippen LogP contribution in [0.2, 0.25) is 0 Å². The average molecular weight is 361 g/mol. The van der Waals surface area contributed by atoms with Gasteiger partial charge in [0.2, 0.25) is 0 Å². The molecule has 1 aliphatic rings. The van der Waals surface area contributed by atoms with E-state index >= 15 is 0 Å². The standard InChI is InChI=1S/C27H36/c1-17-10-18(2)12-22(11-17)25-19(3)24(27(7,8)9)15-21-13-20(14-23(21)25)16-26(4,5)6/h10-13,15H,14,16H2,1-9H3. The highest BCUT2D eigenvalue weighted by molar-refractivity contribution is 5.81. The highest BCUT2D eigenvalue weighted by atomic mass is 14.3. The summed E-state index contributed by atoms with van der Waals surface area (Å²) in [6.07, 6.45) is 4.74. The second kappa shape index (κ2) is 6.66. The van der Waals surface area contributed by atoms with E-state index in [0.29, 0.717) is 5.41 Å². The smallest absolute Gasteiger partial charge is 0.00514 e. The highest BCUT2D eigenvalue weighted by Crippen LogP contribution is 2.43. The SMILES string of the molecule is Cc1cc(C)cc(-c2c(C)c(C(C)(C)C)cc3c2CC(CC(C)(C)C)=C3)c1. The van der Waals surface area contributed by atoms with Crippen molar-refractivity contribution in [3.63, 3.8) is 0 Å². The first-order valence-electron chi connectivity index (χ1n) is 10.3. The number of rotatable bonds is 2. The summed E-state index contributed by atoms with van der Waals surface area (Å²) in [7, 11) is 0. The Morgan fingerprint density at radius 2 is 1.41 bits per heavy atom. The van der Waals surface area contributed by atoms with Gasteiger partial charge in [-0.2, -0.15) is 0 Å². The van der Waals surface area contributed by atoms with E-state index in [9.17, 15) is 0 Å². The van der Waals surface area contributed by atoms with Crippen LogP contribution in [0, 0.1) is 26.2 Å². The van der Waals surface area contributed by atoms with Crippen LogP contribution >= 0.6 is 0 Å². The third-order valence-electron chi connectivity index (χ3n) is 5.57. The van der Waals surface area contributed by atoms with Crippen LogP contribution in [0.15, 0.2) is 29.8 Å². The monoisotopic (exact) mass is 360 g/mol. The highest BCUT2D eigenvalue weighted by Gasteiger charge is 2.27. The van der Waals surface area contributed by atoms with Crippen LogP contribution in [0.3, 0.4) is 0 Å². The molecule has 0 atom stereocenters. The number of aryl methyl sites for hydroxylation is 2. The largest absolute Gasteiger partial charge is 0.0647 e. The molecule has 0 aliphatic heterocycles. The average Bonchev–Trinajstić information content (AvgIpc) is 2.83. The van der Waals surface area contributed by atoms with Crippen molar-refractivity contribution in [3.05, 3.63) is 63.2 Å². The first-order chi connectivity index (χ1) is 12.3. The van der Waals surface area contributed by atoms with Crippen molar-refractivity contribution >= 4 is 6.08 Å². The van der Waals surface area contributed by atoms with E-state index in [4.69, 9.17) is 0 Å². The summed E-state index contributed by atoms with van der Waals surface area (Å²) in [4.78, 5) is 0. The molecule has 0 amide bonds. The molecule has 0 N–H and O–H groups in total. The van der Waals surface area contributed by atoms with Crippen molar-refractivity contribution in [2.45, 2.75) is 80.6 Å². The van der Waals surface area contributed by atoms with Crippen LogP contribution < -0.4 is 0 Å². The van der Waals surface area contributed by atoms with Gasteiger partial charge in [0.1, 0.15) is 0 Å². The minimum atomic E-state index is 0.146. The summed E-state index contributed by atoms with van der Waals surface area (Å²) >= 11 is 0. The van der Waals surface area contributed by atoms with E-state index in [0.717, 1.165) is 12.8 Å². The van der Waals surface area contributed by atoms with Crippen molar-refractivity contribution in [1.82, 2.24) is 0 Å². The third-order valence-corrected chi connectivity index (χ3v) is 5.57. The van der Waals surface area contributed by atoms with Crippen LogP contribution in [0.4, 0.5) is 0 Å². The maximum absolute atomic E-state index is 2.47. The first kappa shape index (κ1) is 19.9. The Bertz CT molecular complexity index is 888. The molecule has 0 heteroatoms. The van der Waals surface area contributed by atoms with Crippen LogP contribution in [0.5, 0.6) is 0 Å². The Morgan fingerprint density at radius 3 is 1.93 bits per heavy atom. The van der Waals surface area contributed by atoms with Gasteiger partial charge >= 0.3 is 0 Å². The first-order valence-corrected chi connectivity index (χ1v) is 10.3. The van der Waals surface area contributed by atoms with Gasteiger partial charge in [-0.15, -0.1) is 0 Å². The minimum absolute atomic E-state index is 0.146. The molecule has 2 aromatic carbocycles. The Labute approximate surface area is 166 Å². The van der Waals surface area contributed by atoms with Crippen molar-refractivity contribution in [2.75, 3.05) is 0 Å². The number of hydrogen-bond acceptors (Lipinski definition) is 0. The molecule has 144 valence electrons. The second-order valence-corrected chi connectivity index (χ2v) is 10.8. The number of benzene rings is 2. The molecule has 0 aromatic heterocycles. The molecule has 0 unspecified atom stereocenters. The molecule has 3 rings (SSSR count).